The lowest BCUT2D eigenvalue weighted by Gasteiger charge is -2.37. The topological polar surface area (TPSA) is 78.9 Å². The second-order valence-corrected chi connectivity index (χ2v) is 8.42. The summed E-state index contributed by atoms with van der Waals surface area (Å²) >= 11 is 0. The normalized spacial score (nSPS) is 24.2. The van der Waals surface area contributed by atoms with Crippen LogP contribution in [-0.2, 0) is 14.9 Å². The van der Waals surface area contributed by atoms with Crippen molar-refractivity contribution < 1.29 is 13.2 Å². The van der Waals surface area contributed by atoms with Crippen LogP contribution < -0.4 is 4.90 Å². The first-order valence-corrected chi connectivity index (χ1v) is 9.96. The smallest absolute Gasteiger partial charge is 0.282 e. The molecular formula is C15H23N5O3S. The molecule has 1 aromatic heterocycles. The summed E-state index contributed by atoms with van der Waals surface area (Å²) in [6.07, 6.45) is 2.43. The van der Waals surface area contributed by atoms with E-state index in [1.165, 1.54) is 17.1 Å². The maximum absolute atomic E-state index is 12.7. The van der Waals surface area contributed by atoms with Gasteiger partial charge >= 0.3 is 0 Å². The number of hydrogen-bond acceptors (Lipinski definition) is 6. The molecule has 0 spiro atoms. The Balaban J connectivity index is 1.37. The van der Waals surface area contributed by atoms with Crippen molar-refractivity contribution in [3.63, 3.8) is 0 Å². The minimum Gasteiger partial charge on any atom is -0.379 e. The van der Waals surface area contributed by atoms with Gasteiger partial charge in [0.1, 0.15) is 0 Å². The quantitative estimate of drug-likeness (QED) is 0.761. The van der Waals surface area contributed by atoms with Crippen molar-refractivity contribution >= 4 is 16.0 Å². The van der Waals surface area contributed by atoms with Crippen LogP contribution in [0.15, 0.2) is 12.1 Å². The predicted octanol–water partition coefficient (Wildman–Crippen LogP) is 0.0530. The lowest BCUT2D eigenvalue weighted by atomic mass is 10.2. The largest absolute Gasteiger partial charge is 0.379 e. The maximum Gasteiger partial charge on any atom is 0.282 e. The van der Waals surface area contributed by atoms with E-state index in [1.807, 2.05) is 6.07 Å². The lowest BCUT2D eigenvalue weighted by Crippen LogP contribution is -2.55. The molecular weight excluding hydrogens is 330 g/mol. The molecule has 3 fully saturated rings. The molecule has 2 aliphatic heterocycles. The first-order chi connectivity index (χ1) is 11.6. The number of hydrogen-bond donors (Lipinski definition) is 0. The molecule has 1 aromatic rings. The van der Waals surface area contributed by atoms with E-state index in [0.29, 0.717) is 58.4 Å². The van der Waals surface area contributed by atoms with Gasteiger partial charge in [-0.2, -0.15) is 22.1 Å². The van der Waals surface area contributed by atoms with Crippen molar-refractivity contribution in [3.05, 3.63) is 17.8 Å². The molecule has 0 bridgehead atoms. The molecule has 132 valence electrons. The highest BCUT2D eigenvalue weighted by Crippen LogP contribution is 2.38. The van der Waals surface area contributed by atoms with Gasteiger partial charge in [-0.1, -0.05) is 0 Å². The molecule has 8 nitrogen and oxygen atoms in total. The van der Waals surface area contributed by atoms with Crippen molar-refractivity contribution in [2.75, 3.05) is 57.4 Å². The van der Waals surface area contributed by atoms with E-state index in [1.54, 1.807) is 4.31 Å². The van der Waals surface area contributed by atoms with Crippen LogP contribution in [0.25, 0.3) is 0 Å². The van der Waals surface area contributed by atoms with Gasteiger partial charge in [0.2, 0.25) is 0 Å². The van der Waals surface area contributed by atoms with Gasteiger partial charge in [0.25, 0.3) is 10.2 Å². The summed E-state index contributed by atoms with van der Waals surface area (Å²) in [4.78, 5) is 2.11. The van der Waals surface area contributed by atoms with Crippen LogP contribution in [0.2, 0.25) is 0 Å². The average Bonchev–Trinajstić information content (AvgIpc) is 3.48. The Bertz CT molecular complexity index is 663. The first-order valence-electron chi connectivity index (χ1n) is 8.56. The number of nitrogens with zero attached hydrogens (tertiary/aromatic N) is 5. The van der Waals surface area contributed by atoms with Crippen LogP contribution in [0, 0.1) is 0 Å². The van der Waals surface area contributed by atoms with Crippen LogP contribution in [-0.4, -0.2) is 79.7 Å². The SMILES string of the molecule is O=S(=O)(N1CCOCC1)N1CCN(c2ccc(C3CC3)nn2)CC1. The third kappa shape index (κ3) is 3.26. The predicted molar refractivity (Wildman–Crippen MR) is 89.1 cm³/mol. The molecule has 2 saturated heterocycles. The number of morpholine rings is 1. The van der Waals surface area contributed by atoms with Gasteiger partial charge in [0, 0.05) is 45.2 Å². The fourth-order valence-electron chi connectivity index (χ4n) is 3.19. The fourth-order valence-corrected chi connectivity index (χ4v) is 4.75. The van der Waals surface area contributed by atoms with Crippen molar-refractivity contribution in [1.82, 2.24) is 18.8 Å². The maximum atomic E-state index is 12.7. The van der Waals surface area contributed by atoms with Crippen molar-refractivity contribution in [3.8, 4) is 0 Å². The standard InChI is InChI=1S/C15H23N5O3S/c21-24(22,20-9-11-23-12-10-20)19-7-5-18(6-8-19)15-4-3-14(16-17-15)13-1-2-13/h3-4,13H,1-2,5-12H2. The Morgan fingerprint density at radius 1 is 0.917 bits per heavy atom. The van der Waals surface area contributed by atoms with E-state index < -0.39 is 10.2 Å². The first kappa shape index (κ1) is 16.2. The Labute approximate surface area is 142 Å². The van der Waals surface area contributed by atoms with Crippen LogP contribution in [0.1, 0.15) is 24.5 Å². The summed E-state index contributed by atoms with van der Waals surface area (Å²) in [7, 11) is -3.38. The zero-order valence-corrected chi connectivity index (χ0v) is 14.5. The van der Waals surface area contributed by atoms with E-state index in [0.717, 1.165) is 11.5 Å². The minimum atomic E-state index is -3.38. The van der Waals surface area contributed by atoms with Crippen molar-refractivity contribution in [2.45, 2.75) is 18.8 Å². The summed E-state index contributed by atoms with van der Waals surface area (Å²) in [5.41, 5.74) is 1.08. The van der Waals surface area contributed by atoms with Gasteiger partial charge in [-0.05, 0) is 25.0 Å². The molecule has 4 rings (SSSR count). The minimum absolute atomic E-state index is 0.441. The number of ether oxygens (including phenoxy) is 1. The van der Waals surface area contributed by atoms with Gasteiger partial charge in [0.05, 0.1) is 18.9 Å². The summed E-state index contributed by atoms with van der Waals surface area (Å²) < 4.78 is 33.7. The molecule has 24 heavy (non-hydrogen) atoms. The fraction of sp³-hybridized carbons (Fsp3) is 0.733. The molecule has 0 radical (unpaired) electrons. The van der Waals surface area contributed by atoms with Gasteiger partial charge in [-0.25, -0.2) is 0 Å². The Hall–Kier alpha value is -1.29. The molecule has 1 saturated carbocycles. The van der Waals surface area contributed by atoms with Gasteiger partial charge in [-0.3, -0.25) is 0 Å². The zero-order chi connectivity index (χ0) is 16.6. The monoisotopic (exact) mass is 353 g/mol. The number of aromatic nitrogens is 2. The molecule has 0 amide bonds. The molecule has 3 heterocycles. The highest BCUT2D eigenvalue weighted by Gasteiger charge is 2.33. The second kappa shape index (κ2) is 6.55. The van der Waals surface area contributed by atoms with Crippen molar-refractivity contribution in [1.29, 1.82) is 0 Å². The molecule has 1 aliphatic carbocycles. The van der Waals surface area contributed by atoms with E-state index in [4.69, 9.17) is 4.74 Å². The highest BCUT2D eigenvalue weighted by atomic mass is 32.2. The molecule has 0 unspecified atom stereocenters. The molecule has 0 N–H and O–H groups in total. The number of rotatable bonds is 4. The highest BCUT2D eigenvalue weighted by molar-refractivity contribution is 7.86. The summed E-state index contributed by atoms with van der Waals surface area (Å²) in [5, 5.41) is 8.63. The van der Waals surface area contributed by atoms with Crippen LogP contribution in [0.3, 0.4) is 0 Å². The van der Waals surface area contributed by atoms with Crippen LogP contribution in [0.4, 0.5) is 5.82 Å². The lowest BCUT2D eigenvalue weighted by molar-refractivity contribution is 0.0700. The van der Waals surface area contributed by atoms with Gasteiger partial charge in [0.15, 0.2) is 5.82 Å². The van der Waals surface area contributed by atoms with E-state index in [9.17, 15) is 8.42 Å². The Morgan fingerprint density at radius 2 is 1.58 bits per heavy atom. The van der Waals surface area contributed by atoms with Crippen LogP contribution in [0.5, 0.6) is 0 Å². The Morgan fingerprint density at radius 3 is 2.17 bits per heavy atom. The average molecular weight is 353 g/mol. The van der Waals surface area contributed by atoms with Gasteiger partial charge < -0.3 is 9.64 Å². The number of anilines is 1. The van der Waals surface area contributed by atoms with Crippen LogP contribution >= 0.6 is 0 Å². The van der Waals surface area contributed by atoms with E-state index in [-0.39, 0.29) is 0 Å². The van der Waals surface area contributed by atoms with Crippen molar-refractivity contribution in [2.24, 2.45) is 0 Å². The molecule has 9 heteroatoms. The van der Waals surface area contributed by atoms with E-state index in [2.05, 4.69) is 21.2 Å². The van der Waals surface area contributed by atoms with E-state index >= 15 is 0 Å². The number of piperazine rings is 1. The summed E-state index contributed by atoms with van der Waals surface area (Å²) in [5.74, 6) is 1.44. The third-order valence-corrected chi connectivity index (χ3v) is 6.89. The Kier molecular flexibility index (Phi) is 4.42. The zero-order valence-electron chi connectivity index (χ0n) is 13.7. The summed E-state index contributed by atoms with van der Waals surface area (Å²) in [6.45, 7) is 4.07. The second-order valence-electron chi connectivity index (χ2n) is 6.50. The molecule has 0 aromatic carbocycles. The third-order valence-electron chi connectivity index (χ3n) is 4.85. The summed E-state index contributed by atoms with van der Waals surface area (Å²) in [6, 6.07) is 4.06. The molecule has 0 atom stereocenters. The molecule has 3 aliphatic rings. The van der Waals surface area contributed by atoms with Gasteiger partial charge in [-0.15, -0.1) is 5.10 Å².